The highest BCUT2D eigenvalue weighted by molar-refractivity contribution is 7.89. The van der Waals surface area contributed by atoms with Gasteiger partial charge in [0.15, 0.2) is 5.78 Å². The van der Waals surface area contributed by atoms with Crippen LogP contribution in [0.15, 0.2) is 108 Å². The van der Waals surface area contributed by atoms with Crippen LogP contribution >= 0.6 is 11.6 Å². The molecule has 9 heteroatoms. The molecule has 0 saturated heterocycles. The summed E-state index contributed by atoms with van der Waals surface area (Å²) in [6, 6.07) is 28.8. The van der Waals surface area contributed by atoms with Gasteiger partial charge in [-0.15, -0.1) is 0 Å². The highest BCUT2D eigenvalue weighted by Gasteiger charge is 2.25. The number of halogens is 1. The summed E-state index contributed by atoms with van der Waals surface area (Å²) < 4.78 is 28.4. The number of nitro groups is 1. The lowest BCUT2D eigenvalue weighted by Crippen LogP contribution is -2.30. The molecular weight excluding hydrogens is 536 g/mol. The Morgan fingerprint density at radius 3 is 2.05 bits per heavy atom. The molecular formula is C30H27ClN2O5S. The van der Waals surface area contributed by atoms with Gasteiger partial charge in [-0.1, -0.05) is 78.3 Å². The summed E-state index contributed by atoms with van der Waals surface area (Å²) >= 11 is 5.96. The first-order chi connectivity index (χ1) is 18.7. The maximum Gasteiger partial charge on any atom is 0.269 e. The quantitative estimate of drug-likeness (QED) is 0.107. The van der Waals surface area contributed by atoms with Crippen LogP contribution in [0.1, 0.15) is 39.9 Å². The van der Waals surface area contributed by atoms with Gasteiger partial charge >= 0.3 is 0 Å². The Balaban J connectivity index is 1.44. The molecule has 4 aromatic rings. The molecule has 0 N–H and O–H groups in total. The first-order valence-electron chi connectivity index (χ1n) is 12.4. The Morgan fingerprint density at radius 1 is 0.795 bits per heavy atom. The largest absolute Gasteiger partial charge is 0.294 e. The first kappa shape index (κ1) is 28.2. The van der Waals surface area contributed by atoms with Gasteiger partial charge in [0.25, 0.3) is 5.69 Å². The van der Waals surface area contributed by atoms with Gasteiger partial charge in [0.05, 0.1) is 9.82 Å². The van der Waals surface area contributed by atoms with E-state index in [1.54, 1.807) is 42.5 Å². The molecule has 0 spiro atoms. The third-order valence-electron chi connectivity index (χ3n) is 6.28. The van der Waals surface area contributed by atoms with Crippen LogP contribution in [0.3, 0.4) is 0 Å². The minimum Gasteiger partial charge on any atom is -0.294 e. The van der Waals surface area contributed by atoms with Crippen LogP contribution in [0.2, 0.25) is 5.02 Å². The number of non-ortho nitro benzene ring substituents is 1. The molecule has 4 rings (SSSR count). The molecule has 0 radical (unpaired) electrons. The van der Waals surface area contributed by atoms with Crippen molar-refractivity contribution >= 4 is 33.1 Å². The molecule has 39 heavy (non-hydrogen) atoms. The van der Waals surface area contributed by atoms with E-state index in [4.69, 9.17) is 11.6 Å². The fourth-order valence-electron chi connectivity index (χ4n) is 4.19. The van der Waals surface area contributed by atoms with Crippen LogP contribution in [0.25, 0.3) is 0 Å². The van der Waals surface area contributed by atoms with E-state index in [0.717, 1.165) is 16.7 Å². The number of rotatable bonds is 12. The molecule has 0 aliphatic carbocycles. The van der Waals surface area contributed by atoms with E-state index in [0.29, 0.717) is 29.8 Å². The van der Waals surface area contributed by atoms with Gasteiger partial charge < -0.3 is 0 Å². The molecule has 0 saturated carbocycles. The molecule has 0 amide bonds. The van der Waals surface area contributed by atoms with E-state index in [1.807, 2.05) is 36.4 Å². The van der Waals surface area contributed by atoms with Gasteiger partial charge in [0, 0.05) is 42.2 Å². The normalized spacial score (nSPS) is 11.4. The van der Waals surface area contributed by atoms with Crippen LogP contribution in [-0.4, -0.2) is 23.4 Å². The molecule has 0 unspecified atom stereocenters. The van der Waals surface area contributed by atoms with E-state index in [-0.39, 0.29) is 29.5 Å². The second-order valence-electron chi connectivity index (χ2n) is 9.11. The average Bonchev–Trinajstić information content (AvgIpc) is 2.94. The summed E-state index contributed by atoms with van der Waals surface area (Å²) in [4.78, 5) is 23.4. The van der Waals surface area contributed by atoms with Crippen molar-refractivity contribution in [3.05, 3.63) is 141 Å². The molecule has 0 aliphatic rings. The van der Waals surface area contributed by atoms with E-state index in [1.165, 1.54) is 28.6 Å². The van der Waals surface area contributed by atoms with Gasteiger partial charge in [0.2, 0.25) is 10.0 Å². The predicted octanol–water partition coefficient (Wildman–Crippen LogP) is 6.84. The lowest BCUT2D eigenvalue weighted by atomic mass is 10.0. The SMILES string of the molecule is O=C(CCCc1cccc([N+](=O)[O-])c1)c1ccc(CN(Cc2ccccc2)S(=O)(=O)c2ccc(Cl)cc2)cc1. The molecule has 0 atom stereocenters. The highest BCUT2D eigenvalue weighted by Crippen LogP contribution is 2.23. The zero-order chi connectivity index (χ0) is 27.8. The van der Waals surface area contributed by atoms with Crippen molar-refractivity contribution in [3.63, 3.8) is 0 Å². The number of nitro benzene ring substituents is 1. The fraction of sp³-hybridized carbons (Fsp3) is 0.167. The van der Waals surface area contributed by atoms with Gasteiger partial charge in [0.1, 0.15) is 0 Å². The highest BCUT2D eigenvalue weighted by atomic mass is 35.5. The topological polar surface area (TPSA) is 97.6 Å². The molecule has 0 aliphatic heterocycles. The molecule has 0 bridgehead atoms. The van der Waals surface area contributed by atoms with Crippen molar-refractivity contribution < 1.29 is 18.1 Å². The minimum atomic E-state index is -3.82. The minimum absolute atomic E-state index is 0.0359. The number of hydrogen-bond acceptors (Lipinski definition) is 5. The molecule has 4 aromatic carbocycles. The van der Waals surface area contributed by atoms with Gasteiger partial charge in [-0.05, 0) is 53.8 Å². The number of nitrogens with zero attached hydrogens (tertiary/aromatic N) is 2. The number of aryl methyl sites for hydroxylation is 1. The Hall–Kier alpha value is -3.85. The molecule has 0 fully saturated rings. The Labute approximate surface area is 232 Å². The van der Waals surface area contributed by atoms with E-state index >= 15 is 0 Å². The van der Waals surface area contributed by atoms with Gasteiger partial charge in [-0.2, -0.15) is 4.31 Å². The van der Waals surface area contributed by atoms with Gasteiger partial charge in [-0.3, -0.25) is 14.9 Å². The summed E-state index contributed by atoms with van der Waals surface area (Å²) in [6.45, 7) is 0.311. The number of sulfonamides is 1. The second kappa shape index (κ2) is 12.8. The molecule has 0 aromatic heterocycles. The zero-order valence-electron chi connectivity index (χ0n) is 21.1. The van der Waals surface area contributed by atoms with Crippen LogP contribution in [-0.2, 0) is 29.5 Å². The third-order valence-corrected chi connectivity index (χ3v) is 8.34. The average molecular weight is 563 g/mol. The predicted molar refractivity (Wildman–Crippen MR) is 151 cm³/mol. The van der Waals surface area contributed by atoms with Crippen LogP contribution in [0, 0.1) is 10.1 Å². The molecule has 7 nitrogen and oxygen atoms in total. The summed E-state index contributed by atoms with van der Waals surface area (Å²) in [5.41, 5.74) is 2.98. The smallest absolute Gasteiger partial charge is 0.269 e. The van der Waals surface area contributed by atoms with E-state index in [2.05, 4.69) is 0 Å². The van der Waals surface area contributed by atoms with Crippen LogP contribution in [0.5, 0.6) is 0 Å². The Bertz CT molecular complexity index is 1540. The summed E-state index contributed by atoms with van der Waals surface area (Å²) in [7, 11) is -3.82. The van der Waals surface area contributed by atoms with Crippen molar-refractivity contribution in [2.45, 2.75) is 37.2 Å². The number of carbonyl (C=O) groups excluding carboxylic acids is 1. The lowest BCUT2D eigenvalue weighted by Gasteiger charge is -2.23. The molecule has 200 valence electrons. The van der Waals surface area contributed by atoms with Crippen molar-refractivity contribution in [1.82, 2.24) is 4.31 Å². The van der Waals surface area contributed by atoms with Crippen LogP contribution < -0.4 is 0 Å². The summed E-state index contributed by atoms with van der Waals surface area (Å²) in [5, 5.41) is 11.4. The van der Waals surface area contributed by atoms with Crippen molar-refractivity contribution in [2.24, 2.45) is 0 Å². The van der Waals surface area contributed by atoms with Gasteiger partial charge in [-0.25, -0.2) is 8.42 Å². The van der Waals surface area contributed by atoms with E-state index in [9.17, 15) is 23.3 Å². The van der Waals surface area contributed by atoms with Crippen molar-refractivity contribution in [3.8, 4) is 0 Å². The molecule has 0 heterocycles. The standard InChI is InChI=1S/C30H27ClN2O5S/c31-27-16-18-29(19-17-27)39(37,38)32(21-24-6-2-1-3-7-24)22-25-12-14-26(15-13-25)30(34)11-5-9-23-8-4-10-28(20-23)33(35)36/h1-4,6-8,10,12-20H,5,9,11,21-22H2. The summed E-state index contributed by atoms with van der Waals surface area (Å²) in [6.07, 6.45) is 1.42. The third kappa shape index (κ3) is 7.60. The Morgan fingerprint density at radius 2 is 1.41 bits per heavy atom. The maximum absolute atomic E-state index is 13.5. The van der Waals surface area contributed by atoms with Crippen LogP contribution in [0.4, 0.5) is 5.69 Å². The first-order valence-corrected chi connectivity index (χ1v) is 14.2. The lowest BCUT2D eigenvalue weighted by molar-refractivity contribution is -0.384. The monoisotopic (exact) mass is 562 g/mol. The second-order valence-corrected chi connectivity index (χ2v) is 11.5. The van der Waals surface area contributed by atoms with Crippen molar-refractivity contribution in [2.75, 3.05) is 0 Å². The number of Topliss-reactive ketones (excluding diaryl/α,β-unsaturated/α-hetero) is 1. The van der Waals surface area contributed by atoms with E-state index < -0.39 is 14.9 Å². The number of benzene rings is 4. The van der Waals surface area contributed by atoms with Crippen molar-refractivity contribution in [1.29, 1.82) is 0 Å². The number of hydrogen-bond donors (Lipinski definition) is 0. The summed E-state index contributed by atoms with van der Waals surface area (Å²) in [5.74, 6) is -0.0399. The zero-order valence-corrected chi connectivity index (χ0v) is 22.6. The fourth-order valence-corrected chi connectivity index (χ4v) is 5.73. The number of carbonyl (C=O) groups is 1. The maximum atomic E-state index is 13.5. The Kier molecular flexibility index (Phi) is 9.24. The number of ketones is 1.